The van der Waals surface area contributed by atoms with Gasteiger partial charge in [0.25, 0.3) is 0 Å². The third kappa shape index (κ3) is 2.85. The average Bonchev–Trinajstić information content (AvgIpc) is 2.12. The van der Waals surface area contributed by atoms with Gasteiger partial charge in [-0.05, 0) is 13.3 Å². The first-order valence-electron chi connectivity index (χ1n) is 4.53. The Morgan fingerprint density at radius 3 is 2.86 bits per heavy atom. The minimum atomic E-state index is -0.914. The van der Waals surface area contributed by atoms with E-state index in [0.29, 0.717) is 12.0 Å². The monoisotopic (exact) mass is 194 g/mol. The molecule has 76 valence electrons. The van der Waals surface area contributed by atoms with E-state index < -0.39 is 5.97 Å². The van der Waals surface area contributed by atoms with E-state index in [4.69, 9.17) is 10.2 Å². The lowest BCUT2D eigenvalue weighted by Crippen LogP contribution is -2.10. The Kier molecular flexibility index (Phi) is 3.65. The Morgan fingerprint density at radius 1 is 1.57 bits per heavy atom. The third-order valence-corrected chi connectivity index (χ3v) is 2.17. The van der Waals surface area contributed by atoms with Crippen LogP contribution in [0.1, 0.15) is 13.3 Å². The number of hydrogen-bond acceptors (Lipinski definition) is 2. The predicted molar refractivity (Wildman–Crippen MR) is 53.8 cm³/mol. The molecule has 2 N–H and O–H groups in total. The van der Waals surface area contributed by atoms with Crippen molar-refractivity contribution in [3.05, 3.63) is 35.5 Å². The highest BCUT2D eigenvalue weighted by Crippen LogP contribution is 2.17. The average molecular weight is 194 g/mol. The standard InChI is InChI=1S/C11H14O3/c1-8-2-4-9(7-12)6-10(5-3-8)11(13)14/h2-5,9,12H,6-7H2,1H3,(H,13,14)/b4-2-,8-3-,10-5+. The molecule has 3 heteroatoms. The molecule has 0 heterocycles. The summed E-state index contributed by atoms with van der Waals surface area (Å²) in [6.45, 7) is 1.88. The van der Waals surface area contributed by atoms with Gasteiger partial charge in [0.2, 0.25) is 0 Å². The molecule has 3 nitrogen and oxygen atoms in total. The third-order valence-electron chi connectivity index (χ3n) is 2.17. The van der Waals surface area contributed by atoms with Gasteiger partial charge in [0.1, 0.15) is 0 Å². The van der Waals surface area contributed by atoms with E-state index >= 15 is 0 Å². The molecule has 0 aromatic heterocycles. The first kappa shape index (κ1) is 10.7. The first-order chi connectivity index (χ1) is 6.63. The van der Waals surface area contributed by atoms with Gasteiger partial charge in [-0.25, -0.2) is 4.79 Å². The Hall–Kier alpha value is -1.35. The highest BCUT2D eigenvalue weighted by molar-refractivity contribution is 5.87. The molecule has 0 aromatic rings. The minimum Gasteiger partial charge on any atom is -0.478 e. The molecule has 0 spiro atoms. The smallest absolute Gasteiger partial charge is 0.331 e. The van der Waals surface area contributed by atoms with Crippen molar-refractivity contribution < 1.29 is 15.0 Å². The second kappa shape index (κ2) is 4.77. The van der Waals surface area contributed by atoms with E-state index in [9.17, 15) is 4.79 Å². The summed E-state index contributed by atoms with van der Waals surface area (Å²) >= 11 is 0. The SMILES string of the molecule is CC1=C/C=C(/C(=O)O)CC(CO)/C=C\1. The van der Waals surface area contributed by atoms with Crippen LogP contribution in [-0.4, -0.2) is 22.8 Å². The number of aliphatic carboxylic acids is 1. The normalized spacial score (nSPS) is 31.7. The van der Waals surface area contributed by atoms with Crippen LogP contribution >= 0.6 is 0 Å². The van der Waals surface area contributed by atoms with Crippen LogP contribution in [0.2, 0.25) is 0 Å². The highest BCUT2D eigenvalue weighted by Gasteiger charge is 2.13. The van der Waals surface area contributed by atoms with Crippen molar-refractivity contribution in [1.29, 1.82) is 0 Å². The number of carboxylic acid groups (broad SMARTS) is 1. The van der Waals surface area contributed by atoms with Crippen molar-refractivity contribution >= 4 is 5.97 Å². The van der Waals surface area contributed by atoms with Crippen molar-refractivity contribution in [2.45, 2.75) is 13.3 Å². The van der Waals surface area contributed by atoms with Gasteiger partial charge >= 0.3 is 5.97 Å². The molecule has 0 radical (unpaired) electrons. The number of hydrogen-bond donors (Lipinski definition) is 2. The first-order valence-corrected chi connectivity index (χ1v) is 4.53. The fourth-order valence-electron chi connectivity index (χ4n) is 1.28. The molecular weight excluding hydrogens is 180 g/mol. The molecule has 0 fully saturated rings. The van der Waals surface area contributed by atoms with E-state index in [2.05, 4.69) is 0 Å². The summed E-state index contributed by atoms with van der Waals surface area (Å²) < 4.78 is 0. The number of allylic oxidation sites excluding steroid dienone is 4. The zero-order valence-electron chi connectivity index (χ0n) is 8.10. The second-order valence-electron chi connectivity index (χ2n) is 3.41. The lowest BCUT2D eigenvalue weighted by molar-refractivity contribution is -0.132. The lowest BCUT2D eigenvalue weighted by Gasteiger charge is -2.11. The van der Waals surface area contributed by atoms with Gasteiger partial charge in [-0.15, -0.1) is 0 Å². The molecule has 14 heavy (non-hydrogen) atoms. The molecule has 0 saturated carbocycles. The van der Waals surface area contributed by atoms with E-state index in [1.165, 1.54) is 0 Å². The summed E-state index contributed by atoms with van der Waals surface area (Å²) in [5.74, 6) is -1.01. The summed E-state index contributed by atoms with van der Waals surface area (Å²) in [5.41, 5.74) is 1.33. The van der Waals surface area contributed by atoms with Gasteiger partial charge in [0.15, 0.2) is 0 Å². The molecule has 0 bridgehead atoms. The second-order valence-corrected chi connectivity index (χ2v) is 3.41. The van der Waals surface area contributed by atoms with Crippen LogP contribution in [0.15, 0.2) is 35.5 Å². The number of carbonyl (C=O) groups is 1. The summed E-state index contributed by atoms with van der Waals surface area (Å²) in [7, 11) is 0. The van der Waals surface area contributed by atoms with Crippen LogP contribution in [0, 0.1) is 5.92 Å². The Labute approximate surface area is 83.1 Å². The van der Waals surface area contributed by atoms with Crippen LogP contribution in [0.25, 0.3) is 0 Å². The minimum absolute atomic E-state index is 0.0194. The quantitative estimate of drug-likeness (QED) is 0.700. The summed E-state index contributed by atoms with van der Waals surface area (Å²) in [6, 6.07) is 0. The van der Waals surface area contributed by atoms with Gasteiger partial charge in [-0.2, -0.15) is 0 Å². The van der Waals surface area contributed by atoms with Crippen LogP contribution in [-0.2, 0) is 4.79 Å². The fraction of sp³-hybridized carbons (Fsp3) is 0.364. The lowest BCUT2D eigenvalue weighted by atomic mass is 9.96. The topological polar surface area (TPSA) is 57.5 Å². The van der Waals surface area contributed by atoms with E-state index in [0.717, 1.165) is 5.57 Å². The number of aliphatic hydroxyl groups is 1. The fourth-order valence-corrected chi connectivity index (χ4v) is 1.28. The molecule has 0 aromatic carbocycles. The zero-order valence-corrected chi connectivity index (χ0v) is 8.10. The van der Waals surface area contributed by atoms with Crippen LogP contribution in [0.3, 0.4) is 0 Å². The van der Waals surface area contributed by atoms with Gasteiger partial charge in [0, 0.05) is 18.1 Å². The molecule has 1 aliphatic rings. The van der Waals surface area contributed by atoms with Crippen molar-refractivity contribution in [3.63, 3.8) is 0 Å². The van der Waals surface area contributed by atoms with Crippen molar-refractivity contribution in [3.8, 4) is 0 Å². The van der Waals surface area contributed by atoms with Crippen molar-refractivity contribution in [2.75, 3.05) is 6.61 Å². The van der Waals surface area contributed by atoms with Gasteiger partial charge in [-0.1, -0.05) is 29.9 Å². The molecule has 1 unspecified atom stereocenters. The maximum atomic E-state index is 10.8. The molecule has 0 saturated heterocycles. The van der Waals surface area contributed by atoms with Crippen LogP contribution in [0.5, 0.6) is 0 Å². The molecule has 0 amide bonds. The zero-order chi connectivity index (χ0) is 10.6. The molecule has 1 rings (SSSR count). The van der Waals surface area contributed by atoms with Crippen LogP contribution in [0.4, 0.5) is 0 Å². The molecule has 1 atom stereocenters. The maximum Gasteiger partial charge on any atom is 0.331 e. The Bertz CT molecular complexity index is 310. The van der Waals surface area contributed by atoms with E-state index in [-0.39, 0.29) is 12.5 Å². The number of rotatable bonds is 2. The van der Waals surface area contributed by atoms with Gasteiger partial charge in [-0.3, -0.25) is 0 Å². The maximum absolute atomic E-state index is 10.8. The predicted octanol–water partition coefficient (Wildman–Crippen LogP) is 1.51. The number of carboxylic acids is 1. The van der Waals surface area contributed by atoms with Crippen molar-refractivity contribution in [2.24, 2.45) is 5.92 Å². The van der Waals surface area contributed by atoms with Gasteiger partial charge < -0.3 is 10.2 Å². The largest absolute Gasteiger partial charge is 0.478 e. The molecular formula is C11H14O3. The van der Waals surface area contributed by atoms with E-state index in [1.807, 2.05) is 19.1 Å². The summed E-state index contributed by atoms with van der Waals surface area (Å²) in [5, 5.41) is 17.9. The summed E-state index contributed by atoms with van der Waals surface area (Å²) in [4.78, 5) is 10.8. The van der Waals surface area contributed by atoms with Crippen molar-refractivity contribution in [1.82, 2.24) is 0 Å². The highest BCUT2D eigenvalue weighted by atomic mass is 16.4. The number of aliphatic hydroxyl groups excluding tert-OH is 1. The Balaban J connectivity index is 2.93. The molecule has 0 aliphatic heterocycles. The van der Waals surface area contributed by atoms with Crippen LogP contribution < -0.4 is 0 Å². The van der Waals surface area contributed by atoms with Gasteiger partial charge in [0.05, 0.1) is 0 Å². The molecule has 1 aliphatic carbocycles. The van der Waals surface area contributed by atoms with E-state index in [1.54, 1.807) is 12.2 Å². The Morgan fingerprint density at radius 2 is 2.29 bits per heavy atom. The summed E-state index contributed by atoms with van der Waals surface area (Å²) in [6.07, 6.45) is 7.50.